The predicted octanol–water partition coefficient (Wildman–Crippen LogP) is 6.46. The van der Waals surface area contributed by atoms with Crippen molar-refractivity contribution in [3.8, 4) is 34.4 Å². The molecule has 1 aliphatic heterocycles. The second kappa shape index (κ2) is 10.2. The highest BCUT2D eigenvalue weighted by Gasteiger charge is 2.37. The molecular weight excluding hydrogens is 547 g/mol. The van der Waals surface area contributed by atoms with Gasteiger partial charge in [-0.05, 0) is 46.1 Å². The SMILES string of the molecule is COc1ncnc(C2CC2)c1-c1ncc2c(n1)N(Cc1ccc(-c3nc(C(F)(F)F)cn3C(C)C)cc1)CC(C)(C)O2. The molecule has 3 aromatic heterocycles. The Morgan fingerprint density at radius 3 is 2.45 bits per heavy atom. The van der Waals surface area contributed by atoms with Crippen molar-refractivity contribution in [3.05, 3.63) is 59.9 Å². The van der Waals surface area contributed by atoms with Gasteiger partial charge in [-0.1, -0.05) is 24.3 Å². The number of halogens is 3. The zero-order valence-electron chi connectivity index (χ0n) is 24.1. The molecule has 42 heavy (non-hydrogen) atoms. The lowest BCUT2D eigenvalue weighted by atomic mass is 10.0. The monoisotopic (exact) mass is 579 g/mol. The molecule has 1 fully saturated rings. The molecule has 4 heterocycles. The van der Waals surface area contributed by atoms with Gasteiger partial charge in [0.05, 0.1) is 25.5 Å². The third-order valence-corrected chi connectivity index (χ3v) is 7.38. The Balaban J connectivity index is 1.33. The van der Waals surface area contributed by atoms with E-state index in [0.29, 0.717) is 53.4 Å². The van der Waals surface area contributed by atoms with Gasteiger partial charge in [0, 0.05) is 30.3 Å². The Kier molecular flexibility index (Phi) is 6.81. The Morgan fingerprint density at radius 1 is 1.07 bits per heavy atom. The third-order valence-electron chi connectivity index (χ3n) is 7.38. The molecule has 0 N–H and O–H groups in total. The van der Waals surface area contributed by atoms with Crippen LogP contribution in [0.2, 0.25) is 0 Å². The molecule has 12 heteroatoms. The van der Waals surface area contributed by atoms with E-state index in [0.717, 1.165) is 30.3 Å². The van der Waals surface area contributed by atoms with E-state index in [1.54, 1.807) is 17.9 Å². The molecule has 0 spiro atoms. The summed E-state index contributed by atoms with van der Waals surface area (Å²) in [5.74, 6) is 2.72. The summed E-state index contributed by atoms with van der Waals surface area (Å²) in [6, 6.07) is 7.25. The molecule has 1 saturated carbocycles. The topological polar surface area (TPSA) is 91.1 Å². The average Bonchev–Trinajstić information content (AvgIpc) is 3.68. The van der Waals surface area contributed by atoms with E-state index in [-0.39, 0.29) is 11.9 Å². The van der Waals surface area contributed by atoms with E-state index in [9.17, 15) is 13.2 Å². The number of aromatic nitrogens is 6. The minimum absolute atomic E-state index is 0.182. The van der Waals surface area contributed by atoms with E-state index in [1.807, 2.05) is 52.0 Å². The fourth-order valence-electron chi connectivity index (χ4n) is 5.31. The zero-order valence-corrected chi connectivity index (χ0v) is 24.1. The van der Waals surface area contributed by atoms with E-state index < -0.39 is 17.5 Å². The number of rotatable bonds is 7. The molecular formula is C30H32F3N7O2. The summed E-state index contributed by atoms with van der Waals surface area (Å²) in [6.07, 6.45) is 1.84. The fourth-order valence-corrected chi connectivity index (χ4v) is 5.31. The van der Waals surface area contributed by atoms with Gasteiger partial charge in [-0.25, -0.2) is 24.9 Å². The van der Waals surface area contributed by atoms with Crippen molar-refractivity contribution >= 4 is 5.82 Å². The van der Waals surface area contributed by atoms with Crippen molar-refractivity contribution in [2.45, 2.75) is 70.8 Å². The molecule has 1 aromatic carbocycles. The van der Waals surface area contributed by atoms with E-state index >= 15 is 0 Å². The van der Waals surface area contributed by atoms with Crippen molar-refractivity contribution in [2.75, 3.05) is 18.6 Å². The van der Waals surface area contributed by atoms with Gasteiger partial charge in [-0.3, -0.25) is 0 Å². The van der Waals surface area contributed by atoms with Crippen LogP contribution in [-0.2, 0) is 12.7 Å². The molecule has 220 valence electrons. The number of ether oxygens (including phenoxy) is 2. The Labute approximate surface area is 241 Å². The largest absolute Gasteiger partial charge is 0.480 e. The van der Waals surface area contributed by atoms with Crippen molar-refractivity contribution < 1.29 is 22.6 Å². The summed E-state index contributed by atoms with van der Waals surface area (Å²) in [5, 5.41) is 0. The molecule has 0 atom stereocenters. The second-order valence-electron chi connectivity index (χ2n) is 11.7. The maximum atomic E-state index is 13.4. The summed E-state index contributed by atoms with van der Waals surface area (Å²) >= 11 is 0. The van der Waals surface area contributed by atoms with Gasteiger partial charge in [0.2, 0.25) is 5.88 Å². The van der Waals surface area contributed by atoms with Crippen LogP contribution in [0.15, 0.2) is 43.0 Å². The lowest BCUT2D eigenvalue weighted by Gasteiger charge is -2.40. The Bertz CT molecular complexity index is 1610. The molecule has 0 unspecified atom stereocenters. The van der Waals surface area contributed by atoms with Crippen molar-refractivity contribution in [3.63, 3.8) is 0 Å². The van der Waals surface area contributed by atoms with E-state index in [4.69, 9.17) is 14.5 Å². The van der Waals surface area contributed by atoms with Crippen molar-refractivity contribution in [1.82, 2.24) is 29.5 Å². The van der Waals surface area contributed by atoms with Crippen LogP contribution in [0.1, 0.15) is 69.4 Å². The first-order chi connectivity index (χ1) is 19.9. The number of fused-ring (bicyclic) bond motifs is 1. The van der Waals surface area contributed by atoms with Crippen LogP contribution in [0, 0.1) is 0 Å². The number of hydrogen-bond acceptors (Lipinski definition) is 8. The number of nitrogens with zero attached hydrogens (tertiary/aromatic N) is 7. The van der Waals surface area contributed by atoms with Crippen LogP contribution in [0.4, 0.5) is 19.0 Å². The highest BCUT2D eigenvalue weighted by molar-refractivity contribution is 5.69. The van der Waals surface area contributed by atoms with Gasteiger partial charge in [-0.2, -0.15) is 13.2 Å². The highest BCUT2D eigenvalue weighted by atomic mass is 19.4. The minimum atomic E-state index is -4.51. The van der Waals surface area contributed by atoms with Gasteiger partial charge in [0.1, 0.15) is 23.3 Å². The van der Waals surface area contributed by atoms with Crippen LogP contribution in [0.3, 0.4) is 0 Å². The normalized spacial score (nSPS) is 16.4. The number of methoxy groups -OCH3 is 1. The summed E-state index contributed by atoms with van der Waals surface area (Å²) in [5.41, 5.74) is 1.75. The van der Waals surface area contributed by atoms with E-state index in [2.05, 4.69) is 24.8 Å². The maximum absolute atomic E-state index is 13.4. The van der Waals surface area contributed by atoms with Gasteiger partial charge in [0.15, 0.2) is 23.1 Å². The molecule has 0 saturated heterocycles. The summed E-state index contributed by atoms with van der Waals surface area (Å²) in [4.78, 5) is 24.4. The number of imidazole rings is 1. The molecule has 0 radical (unpaired) electrons. The zero-order chi connectivity index (χ0) is 29.8. The highest BCUT2D eigenvalue weighted by Crippen LogP contribution is 2.46. The number of benzene rings is 1. The van der Waals surface area contributed by atoms with E-state index in [1.165, 1.54) is 6.33 Å². The smallest absolute Gasteiger partial charge is 0.434 e. The molecule has 4 aromatic rings. The van der Waals surface area contributed by atoms with Gasteiger partial charge < -0.3 is 18.9 Å². The maximum Gasteiger partial charge on any atom is 0.434 e. The van der Waals surface area contributed by atoms with Gasteiger partial charge in [0.25, 0.3) is 0 Å². The number of alkyl halides is 3. The molecule has 0 amide bonds. The lowest BCUT2D eigenvalue weighted by molar-refractivity contribution is -0.140. The van der Waals surface area contributed by atoms with Crippen LogP contribution in [0.5, 0.6) is 11.6 Å². The molecule has 1 aliphatic carbocycles. The Morgan fingerprint density at radius 2 is 1.81 bits per heavy atom. The standard InChI is InChI=1S/C30H32F3N7O2/c1-17(2)40-14-22(30(31,32)33)37-26(40)20-8-6-18(7-9-20)13-39-15-29(3,4)42-21-12-34-25(38-27(21)39)23-24(19-10-11-19)35-16-36-28(23)41-5/h6-9,12,14,16-17,19H,10-11,13,15H2,1-5H3. The van der Waals surface area contributed by atoms with Crippen molar-refractivity contribution in [2.24, 2.45) is 0 Å². The van der Waals surface area contributed by atoms with Crippen LogP contribution >= 0.6 is 0 Å². The summed E-state index contributed by atoms with van der Waals surface area (Å²) in [7, 11) is 1.57. The predicted molar refractivity (Wildman–Crippen MR) is 150 cm³/mol. The Hall–Kier alpha value is -4.22. The number of hydrogen-bond donors (Lipinski definition) is 0. The van der Waals surface area contributed by atoms with Crippen molar-refractivity contribution in [1.29, 1.82) is 0 Å². The van der Waals surface area contributed by atoms with Crippen LogP contribution in [0.25, 0.3) is 22.8 Å². The third kappa shape index (κ3) is 5.37. The minimum Gasteiger partial charge on any atom is -0.480 e. The molecule has 0 bridgehead atoms. The lowest BCUT2D eigenvalue weighted by Crippen LogP contribution is -2.47. The summed E-state index contributed by atoms with van der Waals surface area (Å²) in [6.45, 7) is 8.73. The van der Waals surface area contributed by atoms with Crippen LogP contribution in [-0.4, -0.2) is 48.7 Å². The number of anilines is 1. The molecule has 9 nitrogen and oxygen atoms in total. The fraction of sp³-hybridized carbons (Fsp3) is 0.433. The van der Waals surface area contributed by atoms with Gasteiger partial charge in [-0.15, -0.1) is 0 Å². The molecule has 6 rings (SSSR count). The second-order valence-corrected chi connectivity index (χ2v) is 11.7. The van der Waals surface area contributed by atoms with Gasteiger partial charge >= 0.3 is 6.18 Å². The quantitative estimate of drug-likeness (QED) is 0.246. The molecule has 2 aliphatic rings. The average molecular weight is 580 g/mol. The first kappa shape index (κ1) is 27.9. The van der Waals surface area contributed by atoms with Crippen LogP contribution < -0.4 is 14.4 Å². The summed E-state index contributed by atoms with van der Waals surface area (Å²) < 4.78 is 53.5. The first-order valence-corrected chi connectivity index (χ1v) is 13.9. The first-order valence-electron chi connectivity index (χ1n) is 13.9.